The lowest BCUT2D eigenvalue weighted by Gasteiger charge is -2.48. The minimum atomic E-state index is -0.221. The zero-order valence-corrected chi connectivity index (χ0v) is 18.3. The first-order valence-electron chi connectivity index (χ1n) is 11.1. The van der Waals surface area contributed by atoms with Gasteiger partial charge in [-0.15, -0.1) is 0 Å². The summed E-state index contributed by atoms with van der Waals surface area (Å²) < 4.78 is 6.41. The van der Waals surface area contributed by atoms with Crippen LogP contribution >= 0.6 is 0 Å². The lowest BCUT2D eigenvalue weighted by Crippen LogP contribution is -2.47. The highest BCUT2D eigenvalue weighted by molar-refractivity contribution is 5.47. The number of nitrogens with zero attached hydrogens (tertiary/aromatic N) is 1. The number of ether oxygens (including phenoxy) is 1. The van der Waals surface area contributed by atoms with Crippen molar-refractivity contribution in [3.8, 4) is 11.6 Å². The molecule has 0 amide bonds. The molecule has 1 aliphatic heterocycles. The molecule has 2 aliphatic rings. The maximum atomic E-state index is 11.0. The summed E-state index contributed by atoms with van der Waals surface area (Å²) in [7, 11) is 0. The zero-order valence-electron chi connectivity index (χ0n) is 18.3. The van der Waals surface area contributed by atoms with Crippen molar-refractivity contribution in [3.05, 3.63) is 17.3 Å². The fraction of sp³-hybridized carbons (Fsp3) is 0.792. The van der Waals surface area contributed by atoms with Crippen molar-refractivity contribution in [1.29, 1.82) is 0 Å². The van der Waals surface area contributed by atoms with Crippen LogP contribution in [0.5, 0.6) is 11.6 Å². The third-order valence-corrected chi connectivity index (χ3v) is 7.09. The van der Waals surface area contributed by atoms with Crippen molar-refractivity contribution in [2.45, 2.75) is 110 Å². The van der Waals surface area contributed by atoms with Crippen molar-refractivity contribution < 1.29 is 9.84 Å². The van der Waals surface area contributed by atoms with E-state index in [0.29, 0.717) is 29.4 Å². The molecule has 0 radical (unpaired) electrons. The van der Waals surface area contributed by atoms with Gasteiger partial charge in [-0.1, -0.05) is 59.8 Å². The van der Waals surface area contributed by atoms with Crippen LogP contribution in [-0.4, -0.2) is 15.7 Å². The Morgan fingerprint density at radius 3 is 2.67 bits per heavy atom. The standard InChI is InChI=1S/C24H39NO2/c1-7-8-9-10-13-23(3,4)20-15-19(26)21-17-14-16(2)11-12-18(17)24(5,6)27-22(21)25-20/h15-18H,7-14H2,1-6H3,(H,25,26)/t16-,17-,18?/m1/s1. The summed E-state index contributed by atoms with van der Waals surface area (Å²) in [4.78, 5) is 4.97. The topological polar surface area (TPSA) is 42.4 Å². The van der Waals surface area contributed by atoms with Gasteiger partial charge in [0.2, 0.25) is 5.88 Å². The van der Waals surface area contributed by atoms with E-state index in [4.69, 9.17) is 9.72 Å². The van der Waals surface area contributed by atoms with Crippen LogP contribution in [0.1, 0.15) is 110 Å². The summed E-state index contributed by atoms with van der Waals surface area (Å²) in [6, 6.07) is 1.93. The summed E-state index contributed by atoms with van der Waals surface area (Å²) in [6.45, 7) is 13.5. The number of aromatic nitrogens is 1. The van der Waals surface area contributed by atoms with Crippen molar-refractivity contribution in [2.24, 2.45) is 11.8 Å². The Labute approximate surface area is 165 Å². The van der Waals surface area contributed by atoms with Crippen LogP contribution in [0.2, 0.25) is 0 Å². The zero-order chi connectivity index (χ0) is 19.8. The van der Waals surface area contributed by atoms with Crippen molar-refractivity contribution >= 4 is 0 Å². The maximum absolute atomic E-state index is 11.0. The maximum Gasteiger partial charge on any atom is 0.221 e. The summed E-state index contributed by atoms with van der Waals surface area (Å²) in [5.74, 6) is 2.61. The molecule has 1 N–H and O–H groups in total. The van der Waals surface area contributed by atoms with E-state index in [0.717, 1.165) is 24.1 Å². The number of rotatable bonds is 6. The van der Waals surface area contributed by atoms with E-state index in [9.17, 15) is 5.11 Å². The lowest BCUT2D eigenvalue weighted by molar-refractivity contribution is -0.0189. The average Bonchev–Trinajstić information content (AvgIpc) is 2.57. The number of aromatic hydroxyl groups is 1. The van der Waals surface area contributed by atoms with Gasteiger partial charge in [-0.25, -0.2) is 4.98 Å². The first-order chi connectivity index (χ1) is 12.7. The molecule has 1 aromatic rings. The summed E-state index contributed by atoms with van der Waals surface area (Å²) in [5.41, 5.74) is 1.66. The molecule has 1 aromatic heterocycles. The first-order valence-corrected chi connectivity index (χ1v) is 11.1. The Morgan fingerprint density at radius 2 is 1.96 bits per heavy atom. The molecule has 0 bridgehead atoms. The third kappa shape index (κ3) is 4.12. The number of hydrogen-bond donors (Lipinski definition) is 1. The Morgan fingerprint density at radius 1 is 1.22 bits per heavy atom. The van der Waals surface area contributed by atoms with E-state index in [-0.39, 0.29) is 11.0 Å². The summed E-state index contributed by atoms with van der Waals surface area (Å²) in [5, 5.41) is 11.0. The monoisotopic (exact) mass is 373 g/mol. The summed E-state index contributed by atoms with van der Waals surface area (Å²) >= 11 is 0. The minimum absolute atomic E-state index is 0.0511. The van der Waals surface area contributed by atoms with Gasteiger partial charge in [0.05, 0.1) is 11.3 Å². The number of fused-ring (bicyclic) bond motifs is 3. The molecule has 27 heavy (non-hydrogen) atoms. The SMILES string of the molecule is CCCCCCC(C)(C)c1cc(O)c2c(n1)OC(C)(C)C1CC[C@@H](C)C[C@@H]21. The third-order valence-electron chi connectivity index (χ3n) is 7.09. The highest BCUT2D eigenvalue weighted by atomic mass is 16.5. The van der Waals surface area contributed by atoms with Gasteiger partial charge in [0.15, 0.2) is 0 Å². The van der Waals surface area contributed by atoms with E-state index in [1.165, 1.54) is 38.5 Å². The molecule has 3 heteroatoms. The van der Waals surface area contributed by atoms with E-state index in [2.05, 4.69) is 41.5 Å². The van der Waals surface area contributed by atoms with E-state index < -0.39 is 0 Å². The van der Waals surface area contributed by atoms with Gasteiger partial charge in [-0.05, 0) is 44.9 Å². The largest absolute Gasteiger partial charge is 0.507 e. The van der Waals surface area contributed by atoms with Crippen LogP contribution < -0.4 is 4.74 Å². The molecule has 1 unspecified atom stereocenters. The second kappa shape index (κ2) is 7.64. The molecule has 1 fully saturated rings. The molecule has 2 heterocycles. The van der Waals surface area contributed by atoms with Crippen molar-refractivity contribution in [1.82, 2.24) is 4.98 Å². The van der Waals surface area contributed by atoms with Crippen molar-refractivity contribution in [2.75, 3.05) is 0 Å². The predicted molar refractivity (Wildman–Crippen MR) is 112 cm³/mol. The van der Waals surface area contributed by atoms with Crippen LogP contribution in [0.3, 0.4) is 0 Å². The highest BCUT2D eigenvalue weighted by Gasteiger charge is 2.48. The van der Waals surface area contributed by atoms with Crippen LogP contribution in [0.15, 0.2) is 6.07 Å². The molecule has 0 aromatic carbocycles. The quantitative estimate of drug-likeness (QED) is 0.562. The van der Waals surface area contributed by atoms with Crippen molar-refractivity contribution in [3.63, 3.8) is 0 Å². The Kier molecular flexibility index (Phi) is 5.80. The number of pyridine rings is 1. The Balaban J connectivity index is 1.91. The van der Waals surface area contributed by atoms with Crippen LogP contribution in [-0.2, 0) is 5.41 Å². The van der Waals surface area contributed by atoms with Crippen LogP contribution in [0.4, 0.5) is 0 Å². The lowest BCUT2D eigenvalue weighted by atomic mass is 9.64. The molecule has 3 atom stereocenters. The highest BCUT2D eigenvalue weighted by Crippen LogP contribution is 2.55. The van der Waals surface area contributed by atoms with Gasteiger partial charge >= 0.3 is 0 Å². The minimum Gasteiger partial charge on any atom is -0.507 e. The van der Waals surface area contributed by atoms with Gasteiger partial charge in [0.1, 0.15) is 11.4 Å². The molecule has 1 saturated carbocycles. The average molecular weight is 374 g/mol. The fourth-order valence-corrected chi connectivity index (χ4v) is 5.27. The van der Waals surface area contributed by atoms with E-state index in [1.807, 2.05) is 6.07 Å². The Bertz CT molecular complexity index is 665. The van der Waals surface area contributed by atoms with Gasteiger partial charge < -0.3 is 9.84 Å². The van der Waals surface area contributed by atoms with Gasteiger partial charge in [-0.3, -0.25) is 0 Å². The normalized spacial score (nSPS) is 26.8. The molecule has 1 aliphatic carbocycles. The fourth-order valence-electron chi connectivity index (χ4n) is 5.27. The predicted octanol–water partition coefficient (Wildman–Crippen LogP) is 6.73. The second-order valence-electron chi connectivity index (χ2n) is 10.3. The second-order valence-corrected chi connectivity index (χ2v) is 10.3. The number of hydrogen-bond acceptors (Lipinski definition) is 3. The van der Waals surface area contributed by atoms with Crippen LogP contribution in [0, 0.1) is 11.8 Å². The summed E-state index contributed by atoms with van der Waals surface area (Å²) in [6.07, 6.45) is 9.64. The molecule has 0 saturated heterocycles. The first kappa shape index (κ1) is 20.5. The van der Waals surface area contributed by atoms with E-state index in [1.54, 1.807) is 0 Å². The molecule has 3 rings (SSSR count). The molecule has 3 nitrogen and oxygen atoms in total. The van der Waals surface area contributed by atoms with Gasteiger partial charge in [0.25, 0.3) is 0 Å². The smallest absolute Gasteiger partial charge is 0.221 e. The molecule has 0 spiro atoms. The number of unbranched alkanes of at least 4 members (excludes halogenated alkanes) is 3. The van der Waals surface area contributed by atoms with Crippen LogP contribution in [0.25, 0.3) is 0 Å². The molecular formula is C24H39NO2. The van der Waals surface area contributed by atoms with Gasteiger partial charge in [-0.2, -0.15) is 0 Å². The molecular weight excluding hydrogens is 334 g/mol. The molecule has 152 valence electrons. The van der Waals surface area contributed by atoms with Gasteiger partial charge in [0, 0.05) is 17.4 Å². The Hall–Kier alpha value is -1.25. The van der Waals surface area contributed by atoms with E-state index >= 15 is 0 Å².